The van der Waals surface area contributed by atoms with Gasteiger partial charge < -0.3 is 5.32 Å². The highest BCUT2D eigenvalue weighted by Gasteiger charge is 2.38. The molecule has 4 rings (SSSR count). The van der Waals surface area contributed by atoms with Crippen LogP contribution in [0.25, 0.3) is 22.5 Å². The van der Waals surface area contributed by atoms with Gasteiger partial charge in [-0.05, 0) is 12.5 Å². The van der Waals surface area contributed by atoms with Crippen LogP contribution < -0.4 is 5.32 Å². The molecule has 0 saturated heterocycles. The zero-order valence-corrected chi connectivity index (χ0v) is 16.3. The van der Waals surface area contributed by atoms with Crippen LogP contribution in [-0.2, 0) is 17.5 Å². The van der Waals surface area contributed by atoms with E-state index in [-0.39, 0.29) is 12.2 Å². The second-order valence-corrected chi connectivity index (χ2v) is 6.85. The van der Waals surface area contributed by atoms with Crippen molar-refractivity contribution in [2.45, 2.75) is 19.6 Å². The van der Waals surface area contributed by atoms with E-state index in [9.17, 15) is 18.0 Å². The summed E-state index contributed by atoms with van der Waals surface area (Å²) in [7, 11) is 0. The van der Waals surface area contributed by atoms with Crippen LogP contribution in [0.2, 0.25) is 0 Å². The Kier molecular flexibility index (Phi) is 5.28. The first kappa shape index (κ1) is 20.3. The Morgan fingerprint density at radius 1 is 1.10 bits per heavy atom. The zero-order chi connectivity index (χ0) is 22.0. The van der Waals surface area contributed by atoms with Gasteiger partial charge in [0.25, 0.3) is 0 Å². The number of aryl methyl sites for hydroxylation is 1. The van der Waals surface area contributed by atoms with Gasteiger partial charge in [-0.3, -0.25) is 9.89 Å². The molecule has 2 aromatic carbocycles. The number of benzene rings is 2. The van der Waals surface area contributed by atoms with Gasteiger partial charge in [0.2, 0.25) is 5.91 Å². The lowest BCUT2D eigenvalue weighted by Gasteiger charge is -2.10. The molecule has 0 saturated carbocycles. The van der Waals surface area contributed by atoms with E-state index in [1.165, 1.54) is 4.68 Å². The van der Waals surface area contributed by atoms with Crippen molar-refractivity contribution in [1.82, 2.24) is 25.2 Å². The first-order chi connectivity index (χ1) is 14.8. The highest BCUT2D eigenvalue weighted by molar-refractivity contribution is 5.95. The van der Waals surface area contributed by atoms with E-state index in [4.69, 9.17) is 0 Å². The molecule has 0 aliphatic carbocycles. The minimum atomic E-state index is -4.71. The number of anilines is 1. The number of aromatic nitrogens is 5. The van der Waals surface area contributed by atoms with Crippen molar-refractivity contribution in [2.24, 2.45) is 0 Å². The third kappa shape index (κ3) is 4.32. The number of nitrogens with zero attached hydrogens (tertiary/aromatic N) is 4. The smallest absolute Gasteiger partial charge is 0.321 e. The lowest BCUT2D eigenvalue weighted by Crippen LogP contribution is -2.21. The summed E-state index contributed by atoms with van der Waals surface area (Å²) in [5, 5.41) is 16.1. The van der Waals surface area contributed by atoms with Gasteiger partial charge in [-0.15, -0.1) is 5.10 Å². The second kappa shape index (κ2) is 8.05. The lowest BCUT2D eigenvalue weighted by atomic mass is 10.1. The third-order valence-corrected chi connectivity index (χ3v) is 4.63. The van der Waals surface area contributed by atoms with Crippen LogP contribution in [0.4, 0.5) is 18.9 Å². The number of hydrogen-bond acceptors (Lipinski definition) is 4. The van der Waals surface area contributed by atoms with E-state index in [1.807, 2.05) is 36.3 Å². The SMILES string of the molecule is Cc1ccccc1-c1cn(CC(=O)Nc2c(-c3ccccc3)n[nH]c2C(F)(F)F)nn1. The highest BCUT2D eigenvalue weighted by Crippen LogP contribution is 2.38. The fourth-order valence-corrected chi connectivity index (χ4v) is 3.16. The minimum Gasteiger partial charge on any atom is -0.321 e. The summed E-state index contributed by atoms with van der Waals surface area (Å²) in [4.78, 5) is 12.5. The molecule has 2 N–H and O–H groups in total. The van der Waals surface area contributed by atoms with Crippen molar-refractivity contribution in [3.8, 4) is 22.5 Å². The van der Waals surface area contributed by atoms with Crippen molar-refractivity contribution in [3.05, 3.63) is 72.1 Å². The van der Waals surface area contributed by atoms with Crippen LogP contribution in [0.1, 0.15) is 11.3 Å². The number of nitrogens with one attached hydrogen (secondary N) is 2. The van der Waals surface area contributed by atoms with Crippen molar-refractivity contribution in [1.29, 1.82) is 0 Å². The van der Waals surface area contributed by atoms with Crippen molar-refractivity contribution >= 4 is 11.6 Å². The van der Waals surface area contributed by atoms with E-state index in [0.717, 1.165) is 11.1 Å². The lowest BCUT2D eigenvalue weighted by molar-refractivity contribution is -0.140. The Morgan fingerprint density at radius 3 is 2.52 bits per heavy atom. The van der Waals surface area contributed by atoms with Gasteiger partial charge in [0.05, 0.1) is 11.9 Å². The molecule has 0 radical (unpaired) electrons. The van der Waals surface area contributed by atoms with Gasteiger partial charge in [-0.25, -0.2) is 4.68 Å². The topological polar surface area (TPSA) is 88.5 Å². The average Bonchev–Trinajstić information content (AvgIpc) is 3.36. The fourth-order valence-electron chi connectivity index (χ4n) is 3.16. The summed E-state index contributed by atoms with van der Waals surface area (Å²) in [6.07, 6.45) is -3.14. The van der Waals surface area contributed by atoms with Crippen LogP contribution in [0.15, 0.2) is 60.8 Å². The summed E-state index contributed by atoms with van der Waals surface area (Å²) in [5.41, 5.74) is 1.29. The fraction of sp³-hybridized carbons (Fsp3) is 0.143. The van der Waals surface area contributed by atoms with Crippen LogP contribution in [0.5, 0.6) is 0 Å². The Labute approximate surface area is 174 Å². The van der Waals surface area contributed by atoms with Gasteiger partial charge in [0.15, 0.2) is 5.69 Å². The standard InChI is InChI=1S/C21H17F3N6O/c1-13-7-5-6-10-15(13)16-11-30(29-26-16)12-17(31)25-19-18(14-8-3-2-4-9-14)27-28-20(19)21(22,23)24/h2-11H,12H2,1H3,(H,25,31)(H,27,28). The molecule has 1 amide bonds. The molecule has 10 heteroatoms. The van der Waals surface area contributed by atoms with Crippen molar-refractivity contribution in [2.75, 3.05) is 5.32 Å². The number of amides is 1. The van der Waals surface area contributed by atoms with Crippen LogP contribution >= 0.6 is 0 Å². The predicted octanol–water partition coefficient (Wildman–Crippen LogP) is 4.30. The molecule has 7 nitrogen and oxygen atoms in total. The van der Waals surface area contributed by atoms with Gasteiger partial charge in [0, 0.05) is 11.1 Å². The van der Waals surface area contributed by atoms with Crippen LogP contribution in [0, 0.1) is 6.92 Å². The van der Waals surface area contributed by atoms with Gasteiger partial charge in [0.1, 0.15) is 17.9 Å². The number of carbonyl (C=O) groups is 1. The number of H-pyrrole nitrogens is 1. The molecule has 31 heavy (non-hydrogen) atoms. The van der Waals surface area contributed by atoms with Gasteiger partial charge in [-0.1, -0.05) is 59.8 Å². The monoisotopic (exact) mass is 426 g/mol. The molecule has 0 unspecified atom stereocenters. The maximum Gasteiger partial charge on any atom is 0.434 e. The predicted molar refractivity (Wildman–Crippen MR) is 108 cm³/mol. The molecule has 0 spiro atoms. The second-order valence-electron chi connectivity index (χ2n) is 6.85. The molecule has 158 valence electrons. The molecule has 0 fully saturated rings. The highest BCUT2D eigenvalue weighted by atomic mass is 19.4. The van der Waals surface area contributed by atoms with Crippen molar-refractivity contribution < 1.29 is 18.0 Å². The van der Waals surface area contributed by atoms with Gasteiger partial charge in [-0.2, -0.15) is 18.3 Å². The molecule has 2 heterocycles. The maximum atomic E-state index is 13.4. The van der Waals surface area contributed by atoms with Gasteiger partial charge >= 0.3 is 6.18 Å². The molecule has 2 aromatic heterocycles. The Balaban J connectivity index is 1.58. The molecule has 0 aliphatic heterocycles. The van der Waals surface area contributed by atoms with E-state index in [2.05, 4.69) is 20.7 Å². The van der Waals surface area contributed by atoms with Crippen LogP contribution in [-0.4, -0.2) is 31.1 Å². The van der Waals surface area contributed by atoms with E-state index in [0.29, 0.717) is 11.3 Å². The Bertz CT molecular complexity index is 1210. The molecule has 0 bridgehead atoms. The number of halogens is 3. The number of hydrogen-bond donors (Lipinski definition) is 2. The number of aromatic amines is 1. The van der Waals surface area contributed by atoms with Crippen LogP contribution in [0.3, 0.4) is 0 Å². The first-order valence-corrected chi connectivity index (χ1v) is 9.30. The number of alkyl halides is 3. The molecular weight excluding hydrogens is 409 g/mol. The Hall–Kier alpha value is -3.95. The summed E-state index contributed by atoms with van der Waals surface area (Å²) in [5.74, 6) is -0.690. The molecule has 0 aliphatic rings. The third-order valence-electron chi connectivity index (χ3n) is 4.63. The minimum absolute atomic E-state index is 0.000430. The molecular formula is C21H17F3N6O. The van der Waals surface area contributed by atoms with E-state index >= 15 is 0 Å². The Morgan fingerprint density at radius 2 is 1.81 bits per heavy atom. The quantitative estimate of drug-likeness (QED) is 0.498. The molecule has 0 atom stereocenters. The number of carbonyl (C=O) groups excluding carboxylic acids is 1. The maximum absolute atomic E-state index is 13.4. The van der Waals surface area contributed by atoms with E-state index in [1.54, 1.807) is 36.5 Å². The zero-order valence-electron chi connectivity index (χ0n) is 16.3. The number of rotatable bonds is 5. The average molecular weight is 426 g/mol. The normalized spacial score (nSPS) is 11.5. The summed E-state index contributed by atoms with van der Waals surface area (Å²) in [6.45, 7) is 1.61. The van der Waals surface area contributed by atoms with E-state index < -0.39 is 23.5 Å². The first-order valence-electron chi connectivity index (χ1n) is 9.30. The summed E-state index contributed by atoms with van der Waals surface area (Å²) >= 11 is 0. The summed E-state index contributed by atoms with van der Waals surface area (Å²) in [6, 6.07) is 15.8. The summed E-state index contributed by atoms with van der Waals surface area (Å²) < 4.78 is 41.6. The largest absolute Gasteiger partial charge is 0.434 e. The molecule has 4 aromatic rings. The van der Waals surface area contributed by atoms with Crippen molar-refractivity contribution in [3.63, 3.8) is 0 Å².